The first-order valence-electron chi connectivity index (χ1n) is 2.69. The molecule has 0 amide bonds. The van der Waals surface area contributed by atoms with Gasteiger partial charge in [0.1, 0.15) is 0 Å². The molecule has 0 heterocycles. The third kappa shape index (κ3) is 0.952. The third-order valence-electron chi connectivity index (χ3n) is 1.41. The summed E-state index contributed by atoms with van der Waals surface area (Å²) >= 11 is 0. The van der Waals surface area contributed by atoms with Gasteiger partial charge in [0, 0.05) is 13.1 Å². The highest BCUT2D eigenvalue weighted by Crippen LogP contribution is 2.24. The zero-order chi connectivity index (χ0) is 5.28. The molecule has 40 valence electrons. The molecule has 0 spiro atoms. The minimum absolute atomic E-state index is 0.831. The molecule has 0 aliphatic heterocycles. The zero-order valence-corrected chi connectivity index (χ0v) is 4.72. The van der Waals surface area contributed by atoms with E-state index in [1.54, 1.807) is 0 Å². The van der Waals surface area contributed by atoms with Crippen molar-refractivity contribution < 1.29 is 0 Å². The summed E-state index contributed by atoms with van der Waals surface area (Å²) in [5, 5.41) is 0. The lowest BCUT2D eigenvalue weighted by Gasteiger charge is -2.09. The maximum absolute atomic E-state index is 3.65. The van der Waals surface area contributed by atoms with E-state index in [0.717, 1.165) is 6.04 Å². The van der Waals surface area contributed by atoms with Crippen molar-refractivity contribution in [1.82, 2.24) is 4.90 Å². The SMILES string of the molecule is C=CN(C)C1CC1. The Balaban J connectivity index is 2.22. The molecule has 1 aliphatic carbocycles. The van der Waals surface area contributed by atoms with Gasteiger partial charge in [0.2, 0.25) is 0 Å². The van der Waals surface area contributed by atoms with Crippen LogP contribution in [-0.4, -0.2) is 18.0 Å². The van der Waals surface area contributed by atoms with Gasteiger partial charge in [-0.1, -0.05) is 6.58 Å². The molecule has 1 rings (SSSR count). The monoisotopic (exact) mass is 97.1 g/mol. The van der Waals surface area contributed by atoms with Crippen molar-refractivity contribution in [2.45, 2.75) is 18.9 Å². The van der Waals surface area contributed by atoms with Gasteiger partial charge in [-0.2, -0.15) is 0 Å². The Morgan fingerprint density at radius 3 is 2.43 bits per heavy atom. The predicted octanol–water partition coefficient (Wildman–Crippen LogP) is 1.22. The number of rotatable bonds is 2. The molecule has 0 aromatic heterocycles. The van der Waals surface area contributed by atoms with Crippen LogP contribution in [0.15, 0.2) is 12.8 Å². The van der Waals surface area contributed by atoms with Gasteiger partial charge < -0.3 is 4.90 Å². The van der Waals surface area contributed by atoms with E-state index in [1.807, 2.05) is 6.20 Å². The highest BCUT2D eigenvalue weighted by Gasteiger charge is 2.23. The smallest absolute Gasteiger partial charge is 0.0282 e. The standard InChI is InChI=1S/C6H11N/c1-3-7(2)6-4-5-6/h3,6H,1,4-5H2,2H3. The van der Waals surface area contributed by atoms with Gasteiger partial charge in [-0.15, -0.1) is 0 Å². The number of hydrogen-bond donors (Lipinski definition) is 0. The Bertz CT molecular complexity index is 74.2. The van der Waals surface area contributed by atoms with Crippen LogP contribution in [0.1, 0.15) is 12.8 Å². The first-order chi connectivity index (χ1) is 3.34. The maximum Gasteiger partial charge on any atom is 0.0282 e. The predicted molar refractivity (Wildman–Crippen MR) is 31.0 cm³/mol. The largest absolute Gasteiger partial charge is 0.378 e. The Morgan fingerprint density at radius 2 is 2.29 bits per heavy atom. The molecule has 0 N–H and O–H groups in total. The van der Waals surface area contributed by atoms with Gasteiger partial charge in [-0.3, -0.25) is 0 Å². The molecule has 0 atom stereocenters. The number of hydrogen-bond acceptors (Lipinski definition) is 1. The second kappa shape index (κ2) is 1.57. The molecule has 1 fully saturated rings. The van der Waals surface area contributed by atoms with E-state index in [0.29, 0.717) is 0 Å². The lowest BCUT2D eigenvalue weighted by atomic mass is 10.6. The molecular weight excluding hydrogens is 86.1 g/mol. The van der Waals surface area contributed by atoms with E-state index < -0.39 is 0 Å². The van der Waals surface area contributed by atoms with Gasteiger partial charge in [-0.25, -0.2) is 0 Å². The average molecular weight is 97.2 g/mol. The zero-order valence-electron chi connectivity index (χ0n) is 4.72. The van der Waals surface area contributed by atoms with Crippen LogP contribution in [0.5, 0.6) is 0 Å². The summed E-state index contributed by atoms with van der Waals surface area (Å²) in [6, 6.07) is 0.831. The fraction of sp³-hybridized carbons (Fsp3) is 0.667. The van der Waals surface area contributed by atoms with Crippen molar-refractivity contribution in [2.24, 2.45) is 0 Å². The van der Waals surface area contributed by atoms with Crippen LogP contribution in [0.25, 0.3) is 0 Å². The maximum atomic E-state index is 3.65. The van der Waals surface area contributed by atoms with Crippen molar-refractivity contribution in [2.75, 3.05) is 7.05 Å². The Labute approximate surface area is 44.6 Å². The van der Waals surface area contributed by atoms with Crippen molar-refractivity contribution in [3.05, 3.63) is 12.8 Å². The van der Waals surface area contributed by atoms with Crippen molar-refractivity contribution >= 4 is 0 Å². The highest BCUT2D eigenvalue weighted by atomic mass is 15.1. The van der Waals surface area contributed by atoms with E-state index in [9.17, 15) is 0 Å². The van der Waals surface area contributed by atoms with Gasteiger partial charge in [0.05, 0.1) is 0 Å². The molecule has 0 bridgehead atoms. The van der Waals surface area contributed by atoms with E-state index in [4.69, 9.17) is 0 Å². The van der Waals surface area contributed by atoms with Crippen LogP contribution in [0, 0.1) is 0 Å². The summed E-state index contributed by atoms with van der Waals surface area (Å²) in [7, 11) is 2.07. The van der Waals surface area contributed by atoms with E-state index in [-0.39, 0.29) is 0 Å². The molecule has 1 heteroatoms. The quantitative estimate of drug-likeness (QED) is 0.501. The second-order valence-corrected chi connectivity index (χ2v) is 2.08. The van der Waals surface area contributed by atoms with Gasteiger partial charge in [0.15, 0.2) is 0 Å². The lowest BCUT2D eigenvalue weighted by Crippen LogP contribution is -2.11. The van der Waals surface area contributed by atoms with Crippen LogP contribution >= 0.6 is 0 Å². The van der Waals surface area contributed by atoms with E-state index >= 15 is 0 Å². The first kappa shape index (κ1) is 4.69. The third-order valence-corrected chi connectivity index (χ3v) is 1.41. The topological polar surface area (TPSA) is 3.24 Å². The molecule has 0 radical (unpaired) electrons. The molecule has 0 aromatic carbocycles. The summed E-state index contributed by atoms with van der Waals surface area (Å²) in [6.07, 6.45) is 4.61. The second-order valence-electron chi connectivity index (χ2n) is 2.08. The van der Waals surface area contributed by atoms with Crippen LogP contribution in [0.2, 0.25) is 0 Å². The summed E-state index contributed by atoms with van der Waals surface area (Å²) in [5.41, 5.74) is 0. The van der Waals surface area contributed by atoms with Gasteiger partial charge >= 0.3 is 0 Å². The van der Waals surface area contributed by atoms with Crippen molar-refractivity contribution in [3.8, 4) is 0 Å². The number of nitrogens with zero attached hydrogens (tertiary/aromatic N) is 1. The fourth-order valence-electron chi connectivity index (χ4n) is 0.631. The molecule has 7 heavy (non-hydrogen) atoms. The summed E-state index contributed by atoms with van der Waals surface area (Å²) in [6.45, 7) is 3.65. The van der Waals surface area contributed by atoms with Crippen LogP contribution in [0.4, 0.5) is 0 Å². The Hall–Kier alpha value is -0.460. The average Bonchev–Trinajstić information content (AvgIpc) is 2.44. The molecule has 1 aliphatic rings. The van der Waals surface area contributed by atoms with Gasteiger partial charge in [-0.05, 0) is 19.0 Å². The van der Waals surface area contributed by atoms with Crippen LogP contribution in [-0.2, 0) is 0 Å². The molecule has 0 unspecified atom stereocenters. The lowest BCUT2D eigenvalue weighted by molar-refractivity contribution is 0.448. The minimum Gasteiger partial charge on any atom is -0.378 e. The molecular formula is C6H11N. The fourth-order valence-corrected chi connectivity index (χ4v) is 0.631. The van der Waals surface area contributed by atoms with Crippen LogP contribution in [0.3, 0.4) is 0 Å². The molecule has 1 saturated carbocycles. The van der Waals surface area contributed by atoms with E-state index in [1.165, 1.54) is 12.8 Å². The minimum atomic E-state index is 0.831. The van der Waals surface area contributed by atoms with Crippen LogP contribution < -0.4 is 0 Å². The summed E-state index contributed by atoms with van der Waals surface area (Å²) in [5.74, 6) is 0. The van der Waals surface area contributed by atoms with Crippen molar-refractivity contribution in [1.29, 1.82) is 0 Å². The van der Waals surface area contributed by atoms with Crippen molar-refractivity contribution in [3.63, 3.8) is 0 Å². The summed E-state index contributed by atoms with van der Waals surface area (Å²) in [4.78, 5) is 2.17. The summed E-state index contributed by atoms with van der Waals surface area (Å²) < 4.78 is 0. The highest BCUT2D eigenvalue weighted by molar-refractivity contribution is 4.86. The molecule has 0 saturated heterocycles. The first-order valence-corrected chi connectivity index (χ1v) is 2.69. The Morgan fingerprint density at radius 1 is 1.71 bits per heavy atom. The normalized spacial score (nSPS) is 19.0. The molecule has 1 nitrogen and oxygen atoms in total. The van der Waals surface area contributed by atoms with E-state index in [2.05, 4.69) is 18.5 Å². The molecule has 0 aromatic rings. The van der Waals surface area contributed by atoms with Gasteiger partial charge in [0.25, 0.3) is 0 Å². The Kier molecular flexibility index (Phi) is 1.05.